The summed E-state index contributed by atoms with van der Waals surface area (Å²) in [4.78, 5) is 25.7. The van der Waals surface area contributed by atoms with Crippen LogP contribution in [0, 0.1) is 5.82 Å². The van der Waals surface area contributed by atoms with Crippen LogP contribution < -0.4 is 10.3 Å². The fraction of sp³-hybridized carbons (Fsp3) is 0.182. The molecule has 0 aliphatic carbocycles. The number of carbonyl (C=O) groups is 1. The van der Waals surface area contributed by atoms with Gasteiger partial charge in [-0.05, 0) is 35.9 Å². The zero-order chi connectivity index (χ0) is 19.6. The van der Waals surface area contributed by atoms with Gasteiger partial charge in [0.1, 0.15) is 11.6 Å². The molecule has 0 bridgehead atoms. The van der Waals surface area contributed by atoms with Gasteiger partial charge in [0.25, 0.3) is 5.56 Å². The first kappa shape index (κ1) is 16.7. The van der Waals surface area contributed by atoms with Crippen molar-refractivity contribution >= 4 is 27.8 Å². The van der Waals surface area contributed by atoms with Gasteiger partial charge in [0.05, 0.1) is 17.5 Å². The molecule has 0 fully saturated rings. The van der Waals surface area contributed by atoms with Crippen LogP contribution in [-0.4, -0.2) is 15.1 Å². The number of aryl methyl sites for hydroxylation is 2. The molecule has 1 atom stereocenters. The Bertz CT molecular complexity index is 1350. The Hall–Kier alpha value is -3.41. The Labute approximate surface area is 159 Å². The Kier molecular flexibility index (Phi) is 3.46. The number of fused-ring (bicyclic) bond motifs is 4. The molecule has 5 nitrogen and oxygen atoms in total. The molecule has 28 heavy (non-hydrogen) atoms. The molecule has 3 heterocycles. The summed E-state index contributed by atoms with van der Waals surface area (Å²) in [5.41, 5.74) is 2.53. The molecule has 140 valence electrons. The van der Waals surface area contributed by atoms with E-state index in [1.54, 1.807) is 17.7 Å². The van der Waals surface area contributed by atoms with Gasteiger partial charge in [-0.3, -0.25) is 9.59 Å². The summed E-state index contributed by atoms with van der Waals surface area (Å²) in [5.74, 6) is -0.937. The minimum absolute atomic E-state index is 0.0379. The van der Waals surface area contributed by atoms with Crippen LogP contribution in [0.1, 0.15) is 23.5 Å². The van der Waals surface area contributed by atoms with Crippen molar-refractivity contribution in [2.75, 3.05) is 0 Å². The first-order chi connectivity index (χ1) is 13.5. The van der Waals surface area contributed by atoms with E-state index in [2.05, 4.69) is 0 Å². The van der Waals surface area contributed by atoms with E-state index in [-0.39, 0.29) is 17.8 Å². The summed E-state index contributed by atoms with van der Waals surface area (Å²) in [5, 5.41) is 1.41. The number of hydrogen-bond donors (Lipinski definition) is 0. The molecule has 0 saturated heterocycles. The molecule has 5 rings (SSSR count). The summed E-state index contributed by atoms with van der Waals surface area (Å²) in [6.45, 7) is 0. The molecule has 6 heteroatoms. The molecule has 0 radical (unpaired) electrons. The van der Waals surface area contributed by atoms with Gasteiger partial charge < -0.3 is 13.9 Å². The minimum atomic E-state index is -0.495. The highest BCUT2D eigenvalue weighted by Gasteiger charge is 2.35. The standard InChI is InChI=1S/C22H17FN2O3/c1-24-11-16(14-9-12(23)7-8-17(14)24)15-10-19(26)28-21-13-5-3-4-6-18(13)25(2)22(27)20(15)21/h3-9,11,15H,10H2,1-2H3. The quantitative estimate of drug-likeness (QED) is 0.477. The van der Waals surface area contributed by atoms with Crippen LogP contribution in [0.2, 0.25) is 0 Å². The molecule has 1 unspecified atom stereocenters. The van der Waals surface area contributed by atoms with E-state index in [4.69, 9.17) is 4.74 Å². The van der Waals surface area contributed by atoms with Crippen LogP contribution in [0.3, 0.4) is 0 Å². The average molecular weight is 376 g/mol. The molecule has 1 aliphatic heterocycles. The summed E-state index contributed by atoms with van der Waals surface area (Å²) < 4.78 is 23.0. The second-order valence-electron chi connectivity index (χ2n) is 7.21. The van der Waals surface area contributed by atoms with Crippen LogP contribution in [0.5, 0.6) is 5.75 Å². The SMILES string of the molecule is Cn1cc(C2CC(=O)Oc3c2c(=O)n(C)c2ccccc32)c2cc(F)ccc21. The predicted molar refractivity (Wildman–Crippen MR) is 104 cm³/mol. The van der Waals surface area contributed by atoms with E-state index in [9.17, 15) is 14.0 Å². The molecule has 0 spiro atoms. The van der Waals surface area contributed by atoms with E-state index in [1.165, 1.54) is 12.1 Å². The van der Waals surface area contributed by atoms with Crippen molar-refractivity contribution in [3.8, 4) is 5.75 Å². The van der Waals surface area contributed by atoms with Crippen molar-refractivity contribution in [3.63, 3.8) is 0 Å². The number of para-hydroxylation sites is 1. The lowest BCUT2D eigenvalue weighted by atomic mass is 9.86. The maximum Gasteiger partial charge on any atom is 0.312 e. The Morgan fingerprint density at radius 2 is 1.82 bits per heavy atom. The van der Waals surface area contributed by atoms with Crippen LogP contribution in [-0.2, 0) is 18.9 Å². The summed E-state index contributed by atoms with van der Waals surface area (Å²) in [6, 6.07) is 11.9. The third kappa shape index (κ3) is 2.24. The number of benzene rings is 2. The molecule has 1 aliphatic rings. The van der Waals surface area contributed by atoms with E-state index < -0.39 is 11.9 Å². The van der Waals surface area contributed by atoms with Crippen LogP contribution in [0.4, 0.5) is 4.39 Å². The Balaban J connectivity index is 1.87. The fourth-order valence-electron chi connectivity index (χ4n) is 4.27. The number of carbonyl (C=O) groups excluding carboxylic acids is 1. The second kappa shape index (κ2) is 5.79. The monoisotopic (exact) mass is 376 g/mol. The normalized spacial score (nSPS) is 16.4. The predicted octanol–water partition coefficient (Wildman–Crippen LogP) is 3.61. The zero-order valence-electron chi connectivity index (χ0n) is 15.4. The fourth-order valence-corrected chi connectivity index (χ4v) is 4.27. The van der Waals surface area contributed by atoms with Gasteiger partial charge in [0.15, 0.2) is 0 Å². The molecular formula is C22H17FN2O3. The van der Waals surface area contributed by atoms with Crippen molar-refractivity contribution in [3.05, 3.63) is 76.0 Å². The first-order valence-electron chi connectivity index (χ1n) is 9.02. The number of pyridine rings is 1. The number of aromatic nitrogens is 2. The molecule has 2 aromatic carbocycles. The maximum absolute atomic E-state index is 14.0. The number of ether oxygens (including phenoxy) is 1. The van der Waals surface area contributed by atoms with Crippen molar-refractivity contribution < 1.29 is 13.9 Å². The van der Waals surface area contributed by atoms with Gasteiger partial charge in [0.2, 0.25) is 0 Å². The molecule has 4 aromatic rings. The van der Waals surface area contributed by atoms with Crippen LogP contribution in [0.15, 0.2) is 53.5 Å². The third-order valence-electron chi connectivity index (χ3n) is 5.58. The molecule has 0 N–H and O–H groups in total. The molecule has 0 amide bonds. The van der Waals surface area contributed by atoms with E-state index >= 15 is 0 Å². The lowest BCUT2D eigenvalue weighted by molar-refractivity contribution is -0.135. The smallest absolute Gasteiger partial charge is 0.312 e. The van der Waals surface area contributed by atoms with E-state index in [0.717, 1.165) is 11.1 Å². The largest absolute Gasteiger partial charge is 0.425 e. The number of halogens is 1. The minimum Gasteiger partial charge on any atom is -0.425 e. The Morgan fingerprint density at radius 3 is 2.64 bits per heavy atom. The molecule has 2 aromatic heterocycles. The summed E-state index contributed by atoms with van der Waals surface area (Å²) >= 11 is 0. The van der Waals surface area contributed by atoms with Crippen molar-refractivity contribution in [2.45, 2.75) is 12.3 Å². The number of nitrogens with zero attached hydrogens (tertiary/aromatic N) is 2. The number of rotatable bonds is 1. The molecular weight excluding hydrogens is 359 g/mol. The average Bonchev–Trinajstić information content (AvgIpc) is 3.01. The van der Waals surface area contributed by atoms with Gasteiger partial charge in [-0.2, -0.15) is 0 Å². The number of hydrogen-bond acceptors (Lipinski definition) is 3. The zero-order valence-corrected chi connectivity index (χ0v) is 15.4. The summed E-state index contributed by atoms with van der Waals surface area (Å²) in [6.07, 6.45) is 1.90. The second-order valence-corrected chi connectivity index (χ2v) is 7.21. The van der Waals surface area contributed by atoms with E-state index in [0.29, 0.717) is 27.6 Å². The summed E-state index contributed by atoms with van der Waals surface area (Å²) in [7, 11) is 3.57. The van der Waals surface area contributed by atoms with Crippen molar-refractivity contribution in [1.82, 2.24) is 9.13 Å². The first-order valence-corrected chi connectivity index (χ1v) is 9.02. The highest BCUT2D eigenvalue weighted by atomic mass is 19.1. The highest BCUT2D eigenvalue weighted by molar-refractivity contribution is 5.93. The van der Waals surface area contributed by atoms with Gasteiger partial charge in [-0.1, -0.05) is 12.1 Å². The lowest BCUT2D eigenvalue weighted by Gasteiger charge is -2.26. The van der Waals surface area contributed by atoms with Crippen molar-refractivity contribution in [1.29, 1.82) is 0 Å². The lowest BCUT2D eigenvalue weighted by Crippen LogP contribution is -2.31. The highest BCUT2D eigenvalue weighted by Crippen LogP contribution is 2.42. The van der Waals surface area contributed by atoms with Gasteiger partial charge in [0, 0.05) is 42.5 Å². The topological polar surface area (TPSA) is 53.2 Å². The molecule has 0 saturated carbocycles. The van der Waals surface area contributed by atoms with Gasteiger partial charge >= 0.3 is 5.97 Å². The van der Waals surface area contributed by atoms with Crippen molar-refractivity contribution in [2.24, 2.45) is 14.1 Å². The van der Waals surface area contributed by atoms with Crippen LogP contribution in [0.25, 0.3) is 21.8 Å². The van der Waals surface area contributed by atoms with Gasteiger partial charge in [-0.25, -0.2) is 4.39 Å². The maximum atomic E-state index is 14.0. The Morgan fingerprint density at radius 1 is 1.04 bits per heavy atom. The number of esters is 1. The van der Waals surface area contributed by atoms with Gasteiger partial charge in [-0.15, -0.1) is 0 Å². The third-order valence-corrected chi connectivity index (χ3v) is 5.58. The van der Waals surface area contributed by atoms with E-state index in [1.807, 2.05) is 42.1 Å². The van der Waals surface area contributed by atoms with Crippen LogP contribution >= 0.6 is 0 Å².